The lowest BCUT2D eigenvalue weighted by atomic mass is 9.82. The topological polar surface area (TPSA) is 99.0 Å². The van der Waals surface area contributed by atoms with E-state index < -0.39 is 12.0 Å². The average Bonchev–Trinajstić information content (AvgIpc) is 3.35. The first-order valence-electron chi connectivity index (χ1n) is 14.0. The van der Waals surface area contributed by atoms with Gasteiger partial charge in [-0.2, -0.15) is 0 Å². The molecule has 5 rings (SSSR count). The van der Waals surface area contributed by atoms with E-state index in [1.807, 2.05) is 66.0 Å². The van der Waals surface area contributed by atoms with E-state index in [9.17, 15) is 14.7 Å². The summed E-state index contributed by atoms with van der Waals surface area (Å²) in [5, 5.41) is 16.2. The van der Waals surface area contributed by atoms with E-state index in [1.54, 1.807) is 6.07 Å². The molecule has 2 aromatic heterocycles. The Morgan fingerprint density at radius 3 is 2.40 bits per heavy atom. The number of hydrogen-bond acceptors (Lipinski definition) is 5. The summed E-state index contributed by atoms with van der Waals surface area (Å²) in [5.41, 5.74) is 4.84. The van der Waals surface area contributed by atoms with Crippen molar-refractivity contribution in [2.45, 2.75) is 51.1 Å². The zero-order valence-electron chi connectivity index (χ0n) is 23.1. The Morgan fingerprint density at radius 2 is 1.73 bits per heavy atom. The minimum absolute atomic E-state index is 0.0820. The van der Waals surface area contributed by atoms with Crippen LogP contribution in [0, 0.1) is 5.92 Å². The van der Waals surface area contributed by atoms with Crippen LogP contribution in [0.4, 0.5) is 11.5 Å². The second-order valence-electron chi connectivity index (χ2n) is 10.8. The lowest BCUT2D eigenvalue weighted by molar-refractivity contribution is -0.137. The molecule has 2 aromatic carbocycles. The number of imidazole rings is 1. The number of hydrogen-bond donors (Lipinski definition) is 3. The Balaban J connectivity index is 1.52. The molecule has 8 heteroatoms. The Morgan fingerprint density at radius 1 is 1.00 bits per heavy atom. The van der Waals surface area contributed by atoms with Gasteiger partial charge in [-0.25, -0.2) is 4.98 Å². The molecule has 0 aliphatic heterocycles. The van der Waals surface area contributed by atoms with Gasteiger partial charge in [0.25, 0.3) is 5.91 Å². The average molecular weight is 540 g/mol. The minimum atomic E-state index is -0.897. The highest BCUT2D eigenvalue weighted by atomic mass is 16.4. The summed E-state index contributed by atoms with van der Waals surface area (Å²) in [4.78, 5) is 32.4. The van der Waals surface area contributed by atoms with Crippen LogP contribution in [-0.4, -0.2) is 46.5 Å². The third-order valence-corrected chi connectivity index (χ3v) is 7.78. The number of fused-ring (bicyclic) bond motifs is 1. The number of carboxylic acids is 1. The number of nitrogens with zero attached hydrogens (tertiary/aromatic N) is 3. The summed E-state index contributed by atoms with van der Waals surface area (Å²) in [5.74, 6) is -0.232. The predicted molar refractivity (Wildman–Crippen MR) is 159 cm³/mol. The second kappa shape index (κ2) is 12.2. The SMILES string of the molecule is CN(C)c1ccc(-c2nc3c(C(=O)NC(CC(=O)O)C4CCCCC4)cccn3c2NCc2ccccc2)cc1. The van der Waals surface area contributed by atoms with Crippen LogP contribution in [0.15, 0.2) is 72.9 Å². The summed E-state index contributed by atoms with van der Waals surface area (Å²) in [7, 11) is 4.01. The van der Waals surface area contributed by atoms with Crippen molar-refractivity contribution in [3.63, 3.8) is 0 Å². The van der Waals surface area contributed by atoms with Crippen LogP contribution < -0.4 is 15.5 Å². The smallest absolute Gasteiger partial charge is 0.305 e. The highest BCUT2D eigenvalue weighted by Gasteiger charge is 2.28. The zero-order valence-corrected chi connectivity index (χ0v) is 23.1. The van der Waals surface area contributed by atoms with Gasteiger partial charge in [-0.3, -0.25) is 14.0 Å². The fourth-order valence-electron chi connectivity index (χ4n) is 5.62. The van der Waals surface area contributed by atoms with Gasteiger partial charge < -0.3 is 20.6 Å². The van der Waals surface area contributed by atoms with Crippen molar-refractivity contribution in [3.05, 3.63) is 84.1 Å². The summed E-state index contributed by atoms with van der Waals surface area (Å²) in [6.45, 7) is 0.593. The fraction of sp³-hybridized carbons (Fsp3) is 0.344. The normalized spacial score (nSPS) is 14.6. The zero-order chi connectivity index (χ0) is 28.1. The molecule has 0 radical (unpaired) electrons. The highest BCUT2D eigenvalue weighted by molar-refractivity contribution is 6.01. The van der Waals surface area contributed by atoms with E-state index in [0.29, 0.717) is 17.8 Å². The number of carboxylic acid groups (broad SMARTS) is 1. The first-order chi connectivity index (χ1) is 19.4. The number of aromatic nitrogens is 2. The van der Waals surface area contributed by atoms with Crippen LogP contribution in [-0.2, 0) is 11.3 Å². The monoisotopic (exact) mass is 539 g/mol. The minimum Gasteiger partial charge on any atom is -0.481 e. The Bertz CT molecular complexity index is 1460. The first kappa shape index (κ1) is 27.2. The van der Waals surface area contributed by atoms with Gasteiger partial charge in [0.2, 0.25) is 0 Å². The predicted octanol–water partition coefficient (Wildman–Crippen LogP) is 5.83. The fourth-order valence-corrected chi connectivity index (χ4v) is 5.62. The summed E-state index contributed by atoms with van der Waals surface area (Å²) >= 11 is 0. The Kier molecular flexibility index (Phi) is 8.34. The summed E-state index contributed by atoms with van der Waals surface area (Å²) in [6.07, 6.45) is 6.99. The highest BCUT2D eigenvalue weighted by Crippen LogP contribution is 2.32. The molecule has 208 valence electrons. The molecule has 1 aliphatic rings. The molecule has 1 atom stereocenters. The number of rotatable bonds is 10. The molecule has 0 saturated heterocycles. The number of anilines is 2. The molecule has 40 heavy (non-hydrogen) atoms. The van der Waals surface area contributed by atoms with E-state index in [4.69, 9.17) is 4.98 Å². The number of carbonyl (C=O) groups excluding carboxylic acids is 1. The lowest BCUT2D eigenvalue weighted by Gasteiger charge is -2.30. The molecule has 1 aliphatic carbocycles. The van der Waals surface area contributed by atoms with Crippen LogP contribution >= 0.6 is 0 Å². The van der Waals surface area contributed by atoms with Crippen molar-refractivity contribution in [2.75, 3.05) is 24.3 Å². The Labute approximate surface area is 235 Å². The van der Waals surface area contributed by atoms with E-state index in [1.165, 1.54) is 0 Å². The molecular weight excluding hydrogens is 502 g/mol. The Hall–Kier alpha value is -4.33. The van der Waals surface area contributed by atoms with Crippen molar-refractivity contribution < 1.29 is 14.7 Å². The molecule has 4 aromatic rings. The van der Waals surface area contributed by atoms with Gasteiger partial charge in [-0.05, 0) is 48.6 Å². The standard InChI is InChI=1S/C32H37N5O3/c1-36(2)25-17-15-24(16-18-25)29-31(33-21-22-10-5-3-6-11-22)37-19-9-14-26(30(37)35-29)32(40)34-27(20-28(38)39)23-12-7-4-8-13-23/h3,5-6,9-11,14-19,23,27,33H,4,7-8,12-13,20-21H2,1-2H3,(H,34,40)(H,38,39). The molecule has 3 N–H and O–H groups in total. The molecule has 0 spiro atoms. The number of benzene rings is 2. The number of pyridine rings is 1. The molecule has 2 heterocycles. The lowest BCUT2D eigenvalue weighted by Crippen LogP contribution is -2.42. The number of aliphatic carboxylic acids is 1. The number of carbonyl (C=O) groups is 2. The first-order valence-corrected chi connectivity index (χ1v) is 14.0. The van der Waals surface area contributed by atoms with Gasteiger partial charge in [-0.1, -0.05) is 61.7 Å². The van der Waals surface area contributed by atoms with E-state index in [0.717, 1.165) is 60.4 Å². The van der Waals surface area contributed by atoms with E-state index in [-0.39, 0.29) is 18.2 Å². The third-order valence-electron chi connectivity index (χ3n) is 7.78. The van der Waals surface area contributed by atoms with E-state index in [2.05, 4.69) is 34.9 Å². The van der Waals surface area contributed by atoms with Gasteiger partial charge in [0, 0.05) is 44.1 Å². The van der Waals surface area contributed by atoms with Crippen molar-refractivity contribution in [2.24, 2.45) is 5.92 Å². The van der Waals surface area contributed by atoms with E-state index >= 15 is 0 Å². The summed E-state index contributed by atoms with van der Waals surface area (Å²) < 4.78 is 1.92. The second-order valence-corrected chi connectivity index (χ2v) is 10.8. The molecular formula is C32H37N5O3. The van der Waals surface area contributed by atoms with Gasteiger partial charge in [0.1, 0.15) is 11.5 Å². The largest absolute Gasteiger partial charge is 0.481 e. The summed E-state index contributed by atoms with van der Waals surface area (Å²) in [6, 6.07) is 21.5. The van der Waals surface area contributed by atoms with Crippen molar-refractivity contribution >= 4 is 29.0 Å². The van der Waals surface area contributed by atoms with Crippen molar-refractivity contribution in [1.82, 2.24) is 14.7 Å². The third kappa shape index (κ3) is 6.11. The van der Waals surface area contributed by atoms with Crippen LogP contribution in [0.2, 0.25) is 0 Å². The quantitative estimate of drug-likeness (QED) is 0.234. The van der Waals surface area contributed by atoms with Gasteiger partial charge in [-0.15, -0.1) is 0 Å². The molecule has 1 unspecified atom stereocenters. The molecule has 8 nitrogen and oxygen atoms in total. The van der Waals surface area contributed by atoms with Gasteiger partial charge >= 0.3 is 5.97 Å². The van der Waals surface area contributed by atoms with Crippen LogP contribution in [0.1, 0.15) is 54.4 Å². The molecule has 0 bridgehead atoms. The number of amides is 1. The maximum atomic E-state index is 13.7. The maximum absolute atomic E-state index is 13.7. The van der Waals surface area contributed by atoms with Gasteiger partial charge in [0.15, 0.2) is 5.65 Å². The van der Waals surface area contributed by atoms with Crippen LogP contribution in [0.25, 0.3) is 16.9 Å². The van der Waals surface area contributed by atoms with Crippen LogP contribution in [0.5, 0.6) is 0 Å². The molecule has 1 saturated carbocycles. The van der Waals surface area contributed by atoms with Crippen molar-refractivity contribution in [1.29, 1.82) is 0 Å². The van der Waals surface area contributed by atoms with Gasteiger partial charge in [0.05, 0.1) is 12.0 Å². The molecule has 1 amide bonds. The number of nitrogens with one attached hydrogen (secondary N) is 2. The van der Waals surface area contributed by atoms with Crippen molar-refractivity contribution in [3.8, 4) is 11.3 Å². The molecule has 1 fully saturated rings. The maximum Gasteiger partial charge on any atom is 0.305 e. The van der Waals surface area contributed by atoms with Crippen LogP contribution in [0.3, 0.4) is 0 Å².